The van der Waals surface area contributed by atoms with E-state index >= 15 is 0 Å². The second-order valence-electron chi connectivity index (χ2n) is 6.62. The summed E-state index contributed by atoms with van der Waals surface area (Å²) in [5.41, 5.74) is 3.77. The number of aromatic nitrogens is 3. The highest BCUT2D eigenvalue weighted by Crippen LogP contribution is 2.25. The lowest BCUT2D eigenvalue weighted by molar-refractivity contribution is 0.490. The zero-order chi connectivity index (χ0) is 21.3. The molecule has 152 valence electrons. The number of nitrogens with zero attached hydrogens (tertiary/aromatic N) is 5. The molecule has 0 aliphatic rings. The molecule has 3 aromatic heterocycles. The van der Waals surface area contributed by atoms with Crippen LogP contribution in [-0.4, -0.2) is 40.5 Å². The van der Waals surface area contributed by atoms with Crippen LogP contribution in [-0.2, 0) is 10.0 Å². The zero-order valence-corrected chi connectivity index (χ0v) is 17.8. The Labute approximate surface area is 179 Å². The van der Waals surface area contributed by atoms with Gasteiger partial charge in [0.15, 0.2) is 0 Å². The Balaban J connectivity index is 1.67. The maximum Gasteiger partial charge on any atom is 0.279 e. The van der Waals surface area contributed by atoms with E-state index in [-0.39, 0.29) is 4.90 Å². The van der Waals surface area contributed by atoms with Gasteiger partial charge < -0.3 is 0 Å². The number of benzene rings is 1. The van der Waals surface area contributed by atoms with Crippen LogP contribution in [0.4, 0.5) is 0 Å². The minimum atomic E-state index is -3.84. The van der Waals surface area contributed by atoms with Crippen molar-refractivity contribution in [3.63, 3.8) is 0 Å². The second kappa shape index (κ2) is 7.89. The van der Waals surface area contributed by atoms with Crippen molar-refractivity contribution in [3.05, 3.63) is 83.5 Å². The molecule has 0 aliphatic heterocycles. The summed E-state index contributed by atoms with van der Waals surface area (Å²) >= 11 is 6.08. The van der Waals surface area contributed by atoms with Crippen molar-refractivity contribution < 1.29 is 8.42 Å². The van der Waals surface area contributed by atoms with Crippen LogP contribution in [0.3, 0.4) is 0 Å². The number of hydrogen-bond acceptors (Lipinski definition) is 5. The highest BCUT2D eigenvalue weighted by atomic mass is 35.5. The quantitative estimate of drug-likeness (QED) is 0.347. The Kier molecular flexibility index (Phi) is 5.27. The molecule has 4 aromatic rings. The molecule has 0 amide bonds. The van der Waals surface area contributed by atoms with Crippen molar-refractivity contribution in [3.8, 4) is 11.1 Å². The molecule has 0 spiro atoms. The molecule has 3 heterocycles. The van der Waals surface area contributed by atoms with Crippen molar-refractivity contribution in [2.75, 3.05) is 7.05 Å². The van der Waals surface area contributed by atoms with Crippen molar-refractivity contribution in [1.82, 2.24) is 18.8 Å². The van der Waals surface area contributed by atoms with Gasteiger partial charge in [0.05, 0.1) is 23.0 Å². The van der Waals surface area contributed by atoms with Crippen LogP contribution in [0.1, 0.15) is 11.3 Å². The molecule has 9 heteroatoms. The third kappa shape index (κ3) is 3.67. The molecule has 0 N–H and O–H groups in total. The highest BCUT2D eigenvalue weighted by Gasteiger charge is 2.22. The molecule has 0 atom stereocenters. The van der Waals surface area contributed by atoms with E-state index in [1.54, 1.807) is 37.6 Å². The summed E-state index contributed by atoms with van der Waals surface area (Å²) in [6, 6.07) is 12.4. The second-order valence-corrected chi connectivity index (χ2v) is 8.94. The maximum absolute atomic E-state index is 12.9. The highest BCUT2D eigenvalue weighted by molar-refractivity contribution is 7.89. The molecule has 0 saturated carbocycles. The largest absolute Gasteiger partial charge is 0.298 e. The summed E-state index contributed by atoms with van der Waals surface area (Å²) in [6.45, 7) is 1.66. The van der Waals surface area contributed by atoms with Crippen LogP contribution in [0.5, 0.6) is 0 Å². The smallest absolute Gasteiger partial charge is 0.279 e. The summed E-state index contributed by atoms with van der Waals surface area (Å²) in [5, 5.41) is 4.53. The van der Waals surface area contributed by atoms with Crippen LogP contribution in [0.15, 0.2) is 77.2 Å². The molecule has 0 bridgehead atoms. The maximum atomic E-state index is 12.9. The van der Waals surface area contributed by atoms with E-state index in [2.05, 4.69) is 15.1 Å². The lowest BCUT2D eigenvalue weighted by atomic mass is 10.1. The minimum Gasteiger partial charge on any atom is -0.298 e. The number of rotatable bonds is 5. The van der Waals surface area contributed by atoms with E-state index in [0.29, 0.717) is 16.3 Å². The minimum absolute atomic E-state index is 0.117. The fourth-order valence-corrected chi connectivity index (χ4v) is 4.45. The standard InChI is InChI=1S/C21H18ClN5O2S/c1-15-19(22)6-3-7-20(15)30(28,29)26(2)25-13-18-12-24-21-9-8-17(14-27(18)21)16-5-4-10-23-11-16/h3-14H,1-2H3. The van der Waals surface area contributed by atoms with E-state index in [0.717, 1.165) is 21.2 Å². The first-order chi connectivity index (χ1) is 14.4. The first-order valence-electron chi connectivity index (χ1n) is 9.03. The van der Waals surface area contributed by atoms with E-state index in [1.165, 1.54) is 19.3 Å². The summed E-state index contributed by atoms with van der Waals surface area (Å²) in [6.07, 6.45) is 8.51. The molecular weight excluding hydrogens is 422 g/mol. The Hall–Kier alpha value is -3.23. The van der Waals surface area contributed by atoms with E-state index < -0.39 is 10.0 Å². The Morgan fingerprint density at radius 1 is 1.10 bits per heavy atom. The number of fused-ring (bicyclic) bond motifs is 1. The predicted molar refractivity (Wildman–Crippen MR) is 117 cm³/mol. The van der Waals surface area contributed by atoms with Crippen molar-refractivity contribution in [2.45, 2.75) is 11.8 Å². The van der Waals surface area contributed by atoms with Gasteiger partial charge in [-0.05, 0) is 42.8 Å². The van der Waals surface area contributed by atoms with E-state index in [1.807, 2.05) is 34.9 Å². The van der Waals surface area contributed by atoms with Gasteiger partial charge in [0.2, 0.25) is 0 Å². The molecule has 1 aromatic carbocycles. The summed E-state index contributed by atoms with van der Waals surface area (Å²) < 4.78 is 28.6. The van der Waals surface area contributed by atoms with Gasteiger partial charge in [-0.1, -0.05) is 23.7 Å². The summed E-state index contributed by atoms with van der Waals surface area (Å²) in [4.78, 5) is 8.61. The SMILES string of the molecule is Cc1c(Cl)cccc1S(=O)(=O)N(C)N=Cc1cnc2ccc(-c3cccnc3)cn12. The van der Waals surface area contributed by atoms with Gasteiger partial charge in [0, 0.05) is 41.8 Å². The summed E-state index contributed by atoms with van der Waals surface area (Å²) in [5.74, 6) is 0. The summed E-state index contributed by atoms with van der Waals surface area (Å²) in [7, 11) is -2.45. The number of sulfonamides is 1. The van der Waals surface area contributed by atoms with Crippen molar-refractivity contribution >= 4 is 33.5 Å². The molecule has 4 rings (SSSR count). The number of pyridine rings is 2. The van der Waals surface area contributed by atoms with Crippen LogP contribution in [0.2, 0.25) is 5.02 Å². The van der Waals surface area contributed by atoms with E-state index in [4.69, 9.17) is 11.6 Å². The lowest BCUT2D eigenvalue weighted by Gasteiger charge is -2.15. The van der Waals surface area contributed by atoms with Gasteiger partial charge in [-0.2, -0.15) is 17.9 Å². The Bertz CT molecular complexity index is 1350. The van der Waals surface area contributed by atoms with Crippen LogP contribution in [0.25, 0.3) is 16.8 Å². The van der Waals surface area contributed by atoms with Crippen molar-refractivity contribution in [2.24, 2.45) is 5.10 Å². The molecular formula is C21H18ClN5O2S. The van der Waals surface area contributed by atoms with Gasteiger partial charge >= 0.3 is 0 Å². The average molecular weight is 440 g/mol. The fraction of sp³-hybridized carbons (Fsp3) is 0.0952. The van der Waals surface area contributed by atoms with Gasteiger partial charge in [-0.25, -0.2) is 4.98 Å². The molecule has 0 radical (unpaired) electrons. The normalized spacial score (nSPS) is 12.0. The molecule has 0 saturated heterocycles. The van der Waals surface area contributed by atoms with Crippen LogP contribution >= 0.6 is 11.6 Å². The topological polar surface area (TPSA) is 79.9 Å². The third-order valence-electron chi connectivity index (χ3n) is 4.73. The molecule has 7 nitrogen and oxygen atoms in total. The van der Waals surface area contributed by atoms with Gasteiger partial charge in [0.1, 0.15) is 5.65 Å². The average Bonchev–Trinajstić information content (AvgIpc) is 3.16. The predicted octanol–water partition coefficient (Wildman–Crippen LogP) is 4.01. The van der Waals surface area contributed by atoms with Gasteiger partial charge in [-0.3, -0.25) is 9.38 Å². The first-order valence-corrected chi connectivity index (χ1v) is 10.9. The number of hydrazone groups is 1. The van der Waals surface area contributed by atoms with Crippen molar-refractivity contribution in [1.29, 1.82) is 0 Å². The van der Waals surface area contributed by atoms with Crippen LogP contribution in [0, 0.1) is 6.92 Å². The molecule has 0 aliphatic carbocycles. The Morgan fingerprint density at radius 2 is 1.93 bits per heavy atom. The molecule has 0 unspecified atom stereocenters. The van der Waals surface area contributed by atoms with Gasteiger partial charge in [-0.15, -0.1) is 0 Å². The molecule has 0 fully saturated rings. The number of halogens is 1. The Morgan fingerprint density at radius 3 is 2.70 bits per heavy atom. The monoisotopic (exact) mass is 439 g/mol. The van der Waals surface area contributed by atoms with Gasteiger partial charge in [0.25, 0.3) is 10.0 Å². The zero-order valence-electron chi connectivity index (χ0n) is 16.3. The fourth-order valence-electron chi connectivity index (χ4n) is 3.01. The van der Waals surface area contributed by atoms with Crippen LogP contribution < -0.4 is 0 Å². The lowest BCUT2D eigenvalue weighted by Crippen LogP contribution is -2.23. The number of imidazole rings is 1. The third-order valence-corrected chi connectivity index (χ3v) is 6.92. The van der Waals surface area contributed by atoms with E-state index in [9.17, 15) is 8.42 Å². The molecule has 30 heavy (non-hydrogen) atoms. The first kappa shape index (κ1) is 20.1. The number of hydrogen-bond donors (Lipinski definition) is 0.